The molecular weight excluding hydrogens is 438 g/mol. The molecule has 0 atom stereocenters. The standard InChI is InChI=1S/C28H41N5O2/c1-3-16-30-18-20-33(21-19-30)27(34)24-32(4-2)28(35)26-23-31(17-12-8-7-11-15-29-26)22-25-13-9-5-6-10-14-25/h5,7-14H,3-4,6,15-24H2,1-2H3/b11-7-,12-8-,29-26?. The summed E-state index contributed by atoms with van der Waals surface area (Å²) in [4.78, 5) is 39.4. The molecule has 0 spiro atoms. The maximum absolute atomic E-state index is 13.5. The van der Waals surface area contributed by atoms with Crippen molar-refractivity contribution in [2.24, 2.45) is 4.99 Å². The normalized spacial score (nSPS) is 21.6. The summed E-state index contributed by atoms with van der Waals surface area (Å²) < 4.78 is 0. The molecule has 0 saturated carbocycles. The number of aliphatic imine (C=N–C) groups is 1. The van der Waals surface area contributed by atoms with Crippen LogP contribution in [-0.4, -0.2) is 109 Å². The summed E-state index contributed by atoms with van der Waals surface area (Å²) in [5.41, 5.74) is 1.72. The van der Waals surface area contributed by atoms with Gasteiger partial charge in [0.05, 0.1) is 6.54 Å². The fourth-order valence-electron chi connectivity index (χ4n) is 4.47. The molecule has 0 aromatic carbocycles. The second kappa shape index (κ2) is 14.6. The Balaban J connectivity index is 1.66. The molecule has 0 unspecified atom stereocenters. The van der Waals surface area contributed by atoms with Gasteiger partial charge in [-0.2, -0.15) is 0 Å². The van der Waals surface area contributed by atoms with Crippen molar-refractivity contribution in [2.75, 3.05) is 72.0 Å². The summed E-state index contributed by atoms with van der Waals surface area (Å²) in [6, 6.07) is 0. The van der Waals surface area contributed by atoms with Crippen LogP contribution in [0.5, 0.6) is 0 Å². The van der Waals surface area contributed by atoms with Crippen LogP contribution in [-0.2, 0) is 9.59 Å². The zero-order chi connectivity index (χ0) is 24.9. The van der Waals surface area contributed by atoms with E-state index in [-0.39, 0.29) is 18.4 Å². The first-order valence-electron chi connectivity index (χ1n) is 13.0. The Morgan fingerprint density at radius 2 is 1.77 bits per heavy atom. The zero-order valence-electron chi connectivity index (χ0n) is 21.4. The maximum Gasteiger partial charge on any atom is 0.269 e. The highest BCUT2D eigenvalue weighted by Gasteiger charge is 2.26. The van der Waals surface area contributed by atoms with E-state index in [4.69, 9.17) is 0 Å². The topological polar surface area (TPSA) is 59.5 Å². The van der Waals surface area contributed by atoms with Gasteiger partial charge in [-0.1, -0.05) is 61.6 Å². The average molecular weight is 480 g/mol. The van der Waals surface area contributed by atoms with Crippen molar-refractivity contribution in [3.05, 3.63) is 60.3 Å². The fourth-order valence-corrected chi connectivity index (χ4v) is 4.47. The van der Waals surface area contributed by atoms with Crippen LogP contribution >= 0.6 is 0 Å². The minimum Gasteiger partial charge on any atom is -0.339 e. The largest absolute Gasteiger partial charge is 0.339 e. The van der Waals surface area contributed by atoms with Crippen molar-refractivity contribution in [1.29, 1.82) is 0 Å². The second-order valence-electron chi connectivity index (χ2n) is 9.16. The first-order chi connectivity index (χ1) is 17.1. The van der Waals surface area contributed by atoms with E-state index in [0.29, 0.717) is 25.3 Å². The summed E-state index contributed by atoms with van der Waals surface area (Å²) in [7, 11) is 0. The molecule has 7 heteroatoms. The number of likely N-dealkylation sites (N-methyl/N-ethyl adjacent to an activating group) is 1. The Morgan fingerprint density at radius 1 is 0.971 bits per heavy atom. The third-order valence-corrected chi connectivity index (χ3v) is 6.47. The Kier molecular flexibility index (Phi) is 11.2. The first-order valence-corrected chi connectivity index (χ1v) is 13.0. The lowest BCUT2D eigenvalue weighted by molar-refractivity contribution is -0.138. The highest BCUT2D eigenvalue weighted by molar-refractivity contribution is 6.39. The summed E-state index contributed by atoms with van der Waals surface area (Å²) in [5.74, 6) is -0.115. The molecule has 2 amide bonds. The van der Waals surface area contributed by atoms with Crippen molar-refractivity contribution in [3.63, 3.8) is 0 Å². The highest BCUT2D eigenvalue weighted by Crippen LogP contribution is 2.10. The molecule has 0 bridgehead atoms. The maximum atomic E-state index is 13.5. The zero-order valence-corrected chi connectivity index (χ0v) is 21.4. The molecule has 2 aliphatic heterocycles. The third kappa shape index (κ3) is 8.75. The Labute approximate surface area is 210 Å². The molecule has 3 aliphatic rings. The van der Waals surface area contributed by atoms with E-state index in [2.05, 4.69) is 58.2 Å². The second-order valence-corrected chi connectivity index (χ2v) is 9.16. The van der Waals surface area contributed by atoms with E-state index in [0.717, 1.165) is 58.7 Å². The molecule has 35 heavy (non-hydrogen) atoms. The van der Waals surface area contributed by atoms with Crippen molar-refractivity contribution in [3.8, 4) is 0 Å². The van der Waals surface area contributed by atoms with Gasteiger partial charge in [-0.15, -0.1) is 0 Å². The van der Waals surface area contributed by atoms with Gasteiger partial charge < -0.3 is 9.80 Å². The third-order valence-electron chi connectivity index (χ3n) is 6.47. The van der Waals surface area contributed by atoms with E-state index in [9.17, 15) is 9.59 Å². The predicted molar refractivity (Wildman–Crippen MR) is 144 cm³/mol. The average Bonchev–Trinajstić information content (AvgIpc) is 3.15. The number of carbonyl (C=O) groups excluding carboxylic acids is 2. The van der Waals surface area contributed by atoms with Crippen molar-refractivity contribution < 1.29 is 9.59 Å². The molecule has 0 aromatic heterocycles. The van der Waals surface area contributed by atoms with Gasteiger partial charge in [-0.25, -0.2) is 0 Å². The highest BCUT2D eigenvalue weighted by atomic mass is 16.2. The van der Waals surface area contributed by atoms with Gasteiger partial charge in [0.15, 0.2) is 0 Å². The number of hydrogen-bond acceptors (Lipinski definition) is 5. The quantitative estimate of drug-likeness (QED) is 0.537. The van der Waals surface area contributed by atoms with Crippen molar-refractivity contribution >= 4 is 17.5 Å². The summed E-state index contributed by atoms with van der Waals surface area (Å²) in [5, 5.41) is 0. The van der Waals surface area contributed by atoms with Crippen LogP contribution in [0, 0.1) is 0 Å². The van der Waals surface area contributed by atoms with Gasteiger partial charge in [0.1, 0.15) is 12.3 Å². The lowest BCUT2D eigenvalue weighted by Crippen LogP contribution is -2.52. The summed E-state index contributed by atoms with van der Waals surface area (Å²) >= 11 is 0. The van der Waals surface area contributed by atoms with Gasteiger partial charge in [0, 0.05) is 52.4 Å². The van der Waals surface area contributed by atoms with Gasteiger partial charge >= 0.3 is 0 Å². The van der Waals surface area contributed by atoms with Crippen LogP contribution in [0.4, 0.5) is 0 Å². The predicted octanol–water partition coefficient (Wildman–Crippen LogP) is 2.70. The molecule has 2 heterocycles. The molecule has 7 nitrogen and oxygen atoms in total. The number of allylic oxidation sites excluding steroid dienone is 6. The minimum absolute atomic E-state index is 0.0250. The number of carbonyl (C=O) groups is 2. The molecule has 3 rings (SSSR count). The van der Waals surface area contributed by atoms with E-state index >= 15 is 0 Å². The number of hydrogen-bond donors (Lipinski definition) is 0. The molecular formula is C28H41N5O2. The van der Waals surface area contributed by atoms with Crippen molar-refractivity contribution in [1.82, 2.24) is 19.6 Å². The Hall–Kier alpha value is -2.77. The number of rotatable bonds is 8. The lowest BCUT2D eigenvalue weighted by atomic mass is 10.2. The summed E-state index contributed by atoms with van der Waals surface area (Å²) in [6.45, 7) is 11.4. The van der Waals surface area contributed by atoms with Crippen LogP contribution < -0.4 is 0 Å². The molecule has 0 N–H and O–H groups in total. The molecule has 1 saturated heterocycles. The molecule has 0 aromatic rings. The van der Waals surface area contributed by atoms with Crippen LogP contribution in [0.25, 0.3) is 0 Å². The van der Waals surface area contributed by atoms with Crippen LogP contribution in [0.2, 0.25) is 0 Å². The number of amides is 2. The van der Waals surface area contributed by atoms with E-state index in [1.54, 1.807) is 4.90 Å². The molecule has 0 radical (unpaired) electrons. The van der Waals surface area contributed by atoms with E-state index < -0.39 is 0 Å². The number of piperazine rings is 1. The molecule has 190 valence electrons. The SMILES string of the molecule is CCCN1CCN(C(=O)CN(CC)C(=O)C2=NC/C=C\C=C/CN(CC3=CC=CCC=C3)C2)CC1. The summed E-state index contributed by atoms with van der Waals surface area (Å²) in [6.07, 6.45) is 20.8. The lowest BCUT2D eigenvalue weighted by Gasteiger charge is -2.35. The van der Waals surface area contributed by atoms with Gasteiger partial charge in [-0.3, -0.25) is 24.4 Å². The Morgan fingerprint density at radius 3 is 2.54 bits per heavy atom. The fraction of sp³-hybridized carbons (Fsp3) is 0.536. The van der Waals surface area contributed by atoms with E-state index in [1.165, 1.54) is 5.57 Å². The molecule has 1 fully saturated rings. The minimum atomic E-state index is -0.140. The number of nitrogens with zero attached hydrogens (tertiary/aromatic N) is 5. The van der Waals surface area contributed by atoms with Gasteiger partial charge in [0.25, 0.3) is 5.91 Å². The van der Waals surface area contributed by atoms with Crippen LogP contribution in [0.15, 0.2) is 65.2 Å². The van der Waals surface area contributed by atoms with Crippen molar-refractivity contribution in [2.45, 2.75) is 26.7 Å². The molecule has 1 aliphatic carbocycles. The van der Waals surface area contributed by atoms with Crippen LogP contribution in [0.3, 0.4) is 0 Å². The van der Waals surface area contributed by atoms with Crippen LogP contribution in [0.1, 0.15) is 26.7 Å². The van der Waals surface area contributed by atoms with Gasteiger partial charge in [0.2, 0.25) is 5.91 Å². The monoisotopic (exact) mass is 479 g/mol. The van der Waals surface area contributed by atoms with Gasteiger partial charge in [-0.05, 0) is 31.9 Å². The smallest absolute Gasteiger partial charge is 0.269 e. The first kappa shape index (κ1) is 26.8. The Bertz CT molecular complexity index is 891. The van der Waals surface area contributed by atoms with E-state index in [1.807, 2.05) is 30.1 Å².